The highest BCUT2D eigenvalue weighted by molar-refractivity contribution is 6.35. The largest absolute Gasteiger partial charge is 0.369 e. The summed E-state index contributed by atoms with van der Waals surface area (Å²) in [5.41, 5.74) is 0.676. The van der Waals surface area contributed by atoms with Crippen molar-refractivity contribution in [3.63, 3.8) is 0 Å². The summed E-state index contributed by atoms with van der Waals surface area (Å²) in [5, 5.41) is 7.46. The molecule has 0 spiro atoms. The quantitative estimate of drug-likeness (QED) is 0.851. The maximum atomic E-state index is 6.11. The van der Waals surface area contributed by atoms with Crippen molar-refractivity contribution in [3.05, 3.63) is 40.5 Å². The number of hydrogen-bond donors (Lipinski definition) is 2. The molecule has 1 heterocycles. The molecule has 21 heavy (non-hydrogen) atoms. The normalized spacial score (nSPS) is 10.7. The maximum Gasteiger partial charge on any atom is 0.229 e. The molecule has 112 valence electrons. The van der Waals surface area contributed by atoms with Gasteiger partial charge in [-0.2, -0.15) is 4.98 Å². The fourth-order valence-corrected chi connectivity index (χ4v) is 1.98. The third-order valence-corrected chi connectivity index (χ3v) is 3.26. The molecule has 1 aromatic carbocycles. The van der Waals surface area contributed by atoms with Crippen LogP contribution in [0.15, 0.2) is 30.5 Å². The lowest BCUT2D eigenvalue weighted by atomic mass is 10.3. The van der Waals surface area contributed by atoms with Gasteiger partial charge in [0.15, 0.2) is 0 Å². The zero-order chi connectivity index (χ0) is 15.2. The number of hydrogen-bond acceptors (Lipinski definition) is 5. The van der Waals surface area contributed by atoms with E-state index >= 15 is 0 Å². The van der Waals surface area contributed by atoms with Gasteiger partial charge < -0.3 is 15.5 Å². The molecule has 0 radical (unpaired) electrons. The Morgan fingerprint density at radius 3 is 2.76 bits per heavy atom. The molecule has 2 aromatic rings. The van der Waals surface area contributed by atoms with E-state index < -0.39 is 0 Å². The predicted molar refractivity (Wildman–Crippen MR) is 88.8 cm³/mol. The molecule has 0 unspecified atom stereocenters. The van der Waals surface area contributed by atoms with E-state index in [0.717, 1.165) is 18.9 Å². The molecule has 0 aliphatic carbocycles. The fourth-order valence-electron chi connectivity index (χ4n) is 1.64. The molecule has 2 N–H and O–H groups in total. The van der Waals surface area contributed by atoms with Crippen molar-refractivity contribution in [1.29, 1.82) is 0 Å². The number of nitrogens with zero attached hydrogens (tertiary/aromatic N) is 3. The first-order valence-electron chi connectivity index (χ1n) is 6.48. The Kier molecular flexibility index (Phi) is 5.61. The van der Waals surface area contributed by atoms with E-state index in [4.69, 9.17) is 23.2 Å². The molecule has 0 aliphatic rings. The van der Waals surface area contributed by atoms with Crippen LogP contribution in [0.2, 0.25) is 10.0 Å². The van der Waals surface area contributed by atoms with Gasteiger partial charge in [0.25, 0.3) is 0 Å². The standard InChI is InChI=1S/C14H17Cl2N5/c1-21(2)8-7-17-13-5-6-18-14(20-13)19-12-9-10(15)3-4-11(12)16/h3-6,9H,7-8H2,1-2H3,(H2,17,18,19,20). The highest BCUT2D eigenvalue weighted by Gasteiger charge is 2.04. The van der Waals surface area contributed by atoms with Crippen molar-refractivity contribution in [2.45, 2.75) is 0 Å². The van der Waals surface area contributed by atoms with Gasteiger partial charge in [-0.15, -0.1) is 0 Å². The van der Waals surface area contributed by atoms with Crippen LogP contribution < -0.4 is 10.6 Å². The second-order valence-electron chi connectivity index (χ2n) is 4.74. The minimum atomic E-state index is 0.467. The van der Waals surface area contributed by atoms with E-state index in [1.165, 1.54) is 0 Å². The van der Waals surface area contributed by atoms with Crippen molar-refractivity contribution < 1.29 is 0 Å². The molecular weight excluding hydrogens is 309 g/mol. The van der Waals surface area contributed by atoms with Crippen LogP contribution >= 0.6 is 23.2 Å². The van der Waals surface area contributed by atoms with Gasteiger partial charge in [0.2, 0.25) is 5.95 Å². The molecule has 0 bridgehead atoms. The second kappa shape index (κ2) is 7.45. The van der Waals surface area contributed by atoms with Gasteiger partial charge >= 0.3 is 0 Å². The van der Waals surface area contributed by atoms with Crippen molar-refractivity contribution in [2.24, 2.45) is 0 Å². The van der Waals surface area contributed by atoms with Crippen LogP contribution in [-0.2, 0) is 0 Å². The molecule has 1 aromatic heterocycles. The number of likely N-dealkylation sites (N-methyl/N-ethyl adjacent to an activating group) is 1. The second-order valence-corrected chi connectivity index (χ2v) is 5.59. The molecule has 0 saturated heterocycles. The summed E-state index contributed by atoms with van der Waals surface area (Å²) in [4.78, 5) is 10.7. The van der Waals surface area contributed by atoms with Crippen LogP contribution in [0.4, 0.5) is 17.5 Å². The summed E-state index contributed by atoms with van der Waals surface area (Å²) in [6.45, 7) is 1.73. The SMILES string of the molecule is CN(C)CCNc1ccnc(Nc2cc(Cl)ccc2Cl)n1. The first kappa shape index (κ1) is 15.8. The van der Waals surface area contributed by atoms with Crippen molar-refractivity contribution in [2.75, 3.05) is 37.8 Å². The van der Waals surface area contributed by atoms with Gasteiger partial charge in [-0.1, -0.05) is 23.2 Å². The van der Waals surface area contributed by atoms with Crippen molar-refractivity contribution >= 4 is 40.7 Å². The lowest BCUT2D eigenvalue weighted by Crippen LogP contribution is -2.21. The fraction of sp³-hybridized carbons (Fsp3) is 0.286. The lowest BCUT2D eigenvalue weighted by Gasteiger charge is -2.12. The Morgan fingerprint density at radius 1 is 1.19 bits per heavy atom. The van der Waals surface area contributed by atoms with Crippen molar-refractivity contribution in [1.82, 2.24) is 14.9 Å². The molecular formula is C14H17Cl2N5. The number of anilines is 3. The Morgan fingerprint density at radius 2 is 2.00 bits per heavy atom. The molecule has 5 nitrogen and oxygen atoms in total. The van der Waals surface area contributed by atoms with E-state index in [0.29, 0.717) is 21.7 Å². The van der Waals surface area contributed by atoms with Crippen molar-refractivity contribution in [3.8, 4) is 0 Å². The number of rotatable bonds is 6. The summed E-state index contributed by atoms with van der Waals surface area (Å²) in [6.07, 6.45) is 1.69. The Labute approximate surface area is 134 Å². The Balaban J connectivity index is 2.05. The third-order valence-electron chi connectivity index (χ3n) is 2.70. The minimum absolute atomic E-state index is 0.467. The van der Waals surface area contributed by atoms with Gasteiger partial charge in [0.05, 0.1) is 10.7 Å². The smallest absolute Gasteiger partial charge is 0.229 e. The number of halogens is 2. The first-order chi connectivity index (χ1) is 10.0. The highest BCUT2D eigenvalue weighted by atomic mass is 35.5. The van der Waals surface area contributed by atoms with Gasteiger partial charge in [0, 0.05) is 24.3 Å². The molecule has 0 amide bonds. The summed E-state index contributed by atoms with van der Waals surface area (Å²) < 4.78 is 0. The number of aromatic nitrogens is 2. The Bertz CT molecular complexity index is 604. The topological polar surface area (TPSA) is 53.1 Å². The molecule has 0 saturated carbocycles. The van der Waals surface area contributed by atoms with Crippen LogP contribution in [0.5, 0.6) is 0 Å². The average Bonchev–Trinajstić information content (AvgIpc) is 2.43. The summed E-state index contributed by atoms with van der Waals surface area (Å²) >= 11 is 12.1. The van der Waals surface area contributed by atoms with Crippen LogP contribution in [0.25, 0.3) is 0 Å². The van der Waals surface area contributed by atoms with Gasteiger partial charge in [0.1, 0.15) is 5.82 Å². The van der Waals surface area contributed by atoms with Crippen LogP contribution in [0.1, 0.15) is 0 Å². The van der Waals surface area contributed by atoms with Gasteiger partial charge in [-0.3, -0.25) is 0 Å². The first-order valence-corrected chi connectivity index (χ1v) is 7.24. The van der Waals surface area contributed by atoms with Crippen LogP contribution in [0.3, 0.4) is 0 Å². The maximum absolute atomic E-state index is 6.11. The van der Waals surface area contributed by atoms with Gasteiger partial charge in [-0.05, 0) is 38.4 Å². The zero-order valence-corrected chi connectivity index (χ0v) is 13.4. The minimum Gasteiger partial charge on any atom is -0.369 e. The lowest BCUT2D eigenvalue weighted by molar-refractivity contribution is 0.425. The number of benzene rings is 1. The molecule has 2 rings (SSSR count). The molecule has 7 heteroatoms. The summed E-state index contributed by atoms with van der Waals surface area (Å²) in [6, 6.07) is 7.01. The predicted octanol–water partition coefficient (Wildman–Crippen LogP) is 3.50. The summed E-state index contributed by atoms with van der Waals surface area (Å²) in [5.74, 6) is 1.22. The van der Waals surface area contributed by atoms with Crippen LogP contribution in [-0.4, -0.2) is 42.1 Å². The molecule has 0 aliphatic heterocycles. The Hall–Kier alpha value is -1.56. The van der Waals surface area contributed by atoms with E-state index in [1.54, 1.807) is 24.4 Å². The average molecular weight is 326 g/mol. The van der Waals surface area contributed by atoms with E-state index in [2.05, 4.69) is 25.5 Å². The number of nitrogens with one attached hydrogen (secondary N) is 2. The van der Waals surface area contributed by atoms with E-state index in [9.17, 15) is 0 Å². The molecule has 0 atom stereocenters. The van der Waals surface area contributed by atoms with E-state index in [-0.39, 0.29) is 0 Å². The summed E-state index contributed by atoms with van der Waals surface area (Å²) in [7, 11) is 4.05. The molecule has 0 fully saturated rings. The monoisotopic (exact) mass is 325 g/mol. The van der Waals surface area contributed by atoms with E-state index in [1.807, 2.05) is 20.2 Å². The zero-order valence-electron chi connectivity index (χ0n) is 11.9. The van der Waals surface area contributed by atoms with Crippen LogP contribution in [0, 0.1) is 0 Å². The third kappa shape index (κ3) is 5.04. The van der Waals surface area contributed by atoms with Gasteiger partial charge in [-0.25, -0.2) is 4.98 Å². The highest BCUT2D eigenvalue weighted by Crippen LogP contribution is 2.27.